The Hall–Kier alpha value is -1.10. The van der Waals surface area contributed by atoms with Gasteiger partial charge in [-0.2, -0.15) is 0 Å². The highest BCUT2D eigenvalue weighted by atomic mass is 16.5. The maximum Gasteiger partial charge on any atom is 0.326 e. The monoisotopic (exact) mass is 227 g/mol. The number of amides is 1. The lowest BCUT2D eigenvalue weighted by molar-refractivity contribution is -0.151. The SMILES string of the molecule is O=C(O)[C@H]1CCCN1C(=O)C1CCCOC1. The molecule has 2 aliphatic heterocycles. The first-order valence-corrected chi connectivity index (χ1v) is 5.81. The minimum atomic E-state index is -0.887. The van der Waals surface area contributed by atoms with E-state index < -0.39 is 12.0 Å². The fourth-order valence-electron chi connectivity index (χ4n) is 2.46. The summed E-state index contributed by atoms with van der Waals surface area (Å²) in [5, 5.41) is 9.01. The molecule has 0 spiro atoms. The lowest BCUT2D eigenvalue weighted by Gasteiger charge is -2.28. The van der Waals surface area contributed by atoms with Crippen LogP contribution >= 0.6 is 0 Å². The fourth-order valence-corrected chi connectivity index (χ4v) is 2.46. The number of hydrogen-bond acceptors (Lipinski definition) is 3. The molecule has 90 valence electrons. The van der Waals surface area contributed by atoms with E-state index >= 15 is 0 Å². The first-order chi connectivity index (χ1) is 7.70. The van der Waals surface area contributed by atoms with Gasteiger partial charge in [-0.05, 0) is 25.7 Å². The number of ether oxygens (including phenoxy) is 1. The molecule has 2 atom stereocenters. The summed E-state index contributed by atoms with van der Waals surface area (Å²) >= 11 is 0. The van der Waals surface area contributed by atoms with Crippen molar-refractivity contribution in [1.82, 2.24) is 4.90 Å². The van der Waals surface area contributed by atoms with E-state index in [-0.39, 0.29) is 11.8 Å². The van der Waals surface area contributed by atoms with E-state index in [1.807, 2.05) is 0 Å². The van der Waals surface area contributed by atoms with Crippen molar-refractivity contribution < 1.29 is 19.4 Å². The number of aliphatic carboxylic acids is 1. The third kappa shape index (κ3) is 2.19. The Kier molecular flexibility index (Phi) is 3.43. The summed E-state index contributed by atoms with van der Waals surface area (Å²) in [5.74, 6) is -1.05. The van der Waals surface area contributed by atoms with Crippen LogP contribution in [0.1, 0.15) is 25.7 Å². The number of carboxylic acids is 1. The Balaban J connectivity index is 1.99. The zero-order valence-electron chi connectivity index (χ0n) is 9.22. The fraction of sp³-hybridized carbons (Fsp3) is 0.818. The normalized spacial score (nSPS) is 30.4. The number of carbonyl (C=O) groups is 2. The molecule has 1 N–H and O–H groups in total. The molecule has 16 heavy (non-hydrogen) atoms. The number of rotatable bonds is 2. The third-order valence-corrected chi connectivity index (χ3v) is 3.33. The van der Waals surface area contributed by atoms with Gasteiger partial charge in [-0.1, -0.05) is 0 Å². The third-order valence-electron chi connectivity index (χ3n) is 3.33. The van der Waals surface area contributed by atoms with Gasteiger partial charge in [-0.15, -0.1) is 0 Å². The van der Waals surface area contributed by atoms with Crippen LogP contribution in [0, 0.1) is 5.92 Å². The molecule has 0 bridgehead atoms. The van der Waals surface area contributed by atoms with Crippen LogP contribution in [0.4, 0.5) is 0 Å². The Morgan fingerprint density at radius 2 is 2.06 bits per heavy atom. The largest absolute Gasteiger partial charge is 0.480 e. The Morgan fingerprint density at radius 1 is 1.25 bits per heavy atom. The second-order valence-electron chi connectivity index (χ2n) is 4.44. The zero-order valence-corrected chi connectivity index (χ0v) is 9.22. The van der Waals surface area contributed by atoms with Crippen molar-refractivity contribution in [2.45, 2.75) is 31.7 Å². The van der Waals surface area contributed by atoms with Crippen molar-refractivity contribution in [1.29, 1.82) is 0 Å². The maximum atomic E-state index is 12.1. The van der Waals surface area contributed by atoms with E-state index in [0.717, 1.165) is 19.3 Å². The molecule has 2 aliphatic rings. The summed E-state index contributed by atoms with van der Waals surface area (Å²) in [6, 6.07) is -0.616. The van der Waals surface area contributed by atoms with Gasteiger partial charge in [-0.3, -0.25) is 4.79 Å². The molecule has 2 saturated heterocycles. The van der Waals surface area contributed by atoms with Crippen molar-refractivity contribution >= 4 is 11.9 Å². The van der Waals surface area contributed by atoms with Crippen molar-refractivity contribution in [3.8, 4) is 0 Å². The van der Waals surface area contributed by atoms with E-state index in [9.17, 15) is 9.59 Å². The van der Waals surface area contributed by atoms with Crippen LogP contribution in [-0.4, -0.2) is 47.7 Å². The van der Waals surface area contributed by atoms with Crippen LogP contribution < -0.4 is 0 Å². The molecule has 5 heteroatoms. The van der Waals surface area contributed by atoms with E-state index in [0.29, 0.717) is 26.2 Å². The minimum absolute atomic E-state index is 0.0374. The number of nitrogens with zero attached hydrogens (tertiary/aromatic N) is 1. The van der Waals surface area contributed by atoms with Crippen molar-refractivity contribution in [2.75, 3.05) is 19.8 Å². The first-order valence-electron chi connectivity index (χ1n) is 5.81. The highest BCUT2D eigenvalue weighted by molar-refractivity contribution is 5.85. The smallest absolute Gasteiger partial charge is 0.326 e. The first kappa shape index (κ1) is 11.4. The number of likely N-dealkylation sites (tertiary alicyclic amines) is 1. The lowest BCUT2D eigenvalue weighted by Crippen LogP contribution is -2.45. The van der Waals surface area contributed by atoms with Crippen LogP contribution in [0.5, 0.6) is 0 Å². The number of carbonyl (C=O) groups excluding carboxylic acids is 1. The Labute approximate surface area is 94.4 Å². The average molecular weight is 227 g/mol. The minimum Gasteiger partial charge on any atom is -0.480 e. The highest BCUT2D eigenvalue weighted by Gasteiger charge is 2.37. The Morgan fingerprint density at radius 3 is 2.69 bits per heavy atom. The van der Waals surface area contributed by atoms with Crippen molar-refractivity contribution in [2.24, 2.45) is 5.92 Å². The molecule has 0 aromatic heterocycles. The van der Waals surface area contributed by atoms with Crippen LogP contribution in [0.2, 0.25) is 0 Å². The molecule has 2 rings (SSSR count). The molecular formula is C11H17NO4. The van der Waals surface area contributed by atoms with Crippen molar-refractivity contribution in [3.05, 3.63) is 0 Å². The van der Waals surface area contributed by atoms with E-state index in [1.165, 1.54) is 4.90 Å². The van der Waals surface area contributed by atoms with Crippen LogP contribution in [0.25, 0.3) is 0 Å². The summed E-state index contributed by atoms with van der Waals surface area (Å²) in [7, 11) is 0. The average Bonchev–Trinajstić information content (AvgIpc) is 2.78. The number of carboxylic acid groups (broad SMARTS) is 1. The lowest BCUT2D eigenvalue weighted by atomic mass is 10.0. The summed E-state index contributed by atoms with van der Waals surface area (Å²) in [6.45, 7) is 1.74. The van der Waals surface area contributed by atoms with Gasteiger partial charge < -0.3 is 14.7 Å². The van der Waals surface area contributed by atoms with E-state index in [1.54, 1.807) is 0 Å². The summed E-state index contributed by atoms with van der Waals surface area (Å²) in [6.07, 6.45) is 3.08. The molecule has 1 unspecified atom stereocenters. The maximum absolute atomic E-state index is 12.1. The van der Waals surface area contributed by atoms with Gasteiger partial charge in [0.15, 0.2) is 0 Å². The zero-order chi connectivity index (χ0) is 11.5. The second-order valence-corrected chi connectivity index (χ2v) is 4.44. The van der Waals surface area contributed by atoms with Crippen LogP contribution in [-0.2, 0) is 14.3 Å². The highest BCUT2D eigenvalue weighted by Crippen LogP contribution is 2.23. The summed E-state index contributed by atoms with van der Waals surface area (Å²) < 4.78 is 5.26. The Bertz CT molecular complexity index is 286. The molecule has 0 aromatic rings. The molecule has 0 radical (unpaired) electrons. The molecule has 2 fully saturated rings. The van der Waals surface area contributed by atoms with E-state index in [2.05, 4.69) is 0 Å². The second kappa shape index (κ2) is 4.82. The van der Waals surface area contributed by atoms with Crippen LogP contribution in [0.3, 0.4) is 0 Å². The van der Waals surface area contributed by atoms with Gasteiger partial charge in [0.1, 0.15) is 6.04 Å². The predicted octanol–water partition coefficient (Wildman–Crippen LogP) is 0.489. The van der Waals surface area contributed by atoms with E-state index in [4.69, 9.17) is 9.84 Å². The molecule has 2 heterocycles. The topological polar surface area (TPSA) is 66.8 Å². The molecule has 1 amide bonds. The predicted molar refractivity (Wildman–Crippen MR) is 55.9 cm³/mol. The molecule has 0 aromatic carbocycles. The molecule has 0 saturated carbocycles. The van der Waals surface area contributed by atoms with Gasteiger partial charge >= 0.3 is 5.97 Å². The van der Waals surface area contributed by atoms with Crippen molar-refractivity contribution in [3.63, 3.8) is 0 Å². The standard InChI is InChI=1S/C11H17NO4/c13-10(8-3-2-6-16-7-8)12-5-1-4-9(12)11(14)15/h8-9H,1-7H2,(H,14,15)/t8?,9-/m1/s1. The van der Waals surface area contributed by atoms with Gasteiger partial charge in [0.25, 0.3) is 0 Å². The van der Waals surface area contributed by atoms with Gasteiger partial charge in [0.2, 0.25) is 5.91 Å². The number of hydrogen-bond donors (Lipinski definition) is 1. The molecule has 0 aliphatic carbocycles. The van der Waals surface area contributed by atoms with Gasteiger partial charge in [0, 0.05) is 13.2 Å². The molecule has 5 nitrogen and oxygen atoms in total. The van der Waals surface area contributed by atoms with Gasteiger partial charge in [0.05, 0.1) is 12.5 Å². The summed E-state index contributed by atoms with van der Waals surface area (Å²) in [4.78, 5) is 24.6. The van der Waals surface area contributed by atoms with Gasteiger partial charge in [-0.25, -0.2) is 4.79 Å². The van der Waals surface area contributed by atoms with Crippen LogP contribution in [0.15, 0.2) is 0 Å². The molecular weight excluding hydrogens is 210 g/mol. The quantitative estimate of drug-likeness (QED) is 0.745. The summed E-state index contributed by atoms with van der Waals surface area (Å²) in [5.41, 5.74) is 0.